The Labute approximate surface area is 252 Å². The lowest BCUT2D eigenvalue weighted by molar-refractivity contribution is -0.345. The second-order valence-electron chi connectivity index (χ2n) is 12.6. The quantitative estimate of drug-likeness (QED) is 0.122. The summed E-state index contributed by atoms with van der Waals surface area (Å²) in [5, 5.41) is 0. The average Bonchev–Trinajstić information content (AvgIpc) is 3.22. The average molecular weight is 555 g/mol. The summed E-state index contributed by atoms with van der Waals surface area (Å²) in [6, 6.07) is 14.0. The van der Waals surface area contributed by atoms with E-state index in [0.717, 1.165) is 42.6 Å². The molecule has 0 saturated heterocycles. The summed E-state index contributed by atoms with van der Waals surface area (Å²) in [6.45, 7) is 13.5. The van der Waals surface area contributed by atoms with Gasteiger partial charge in [0.1, 0.15) is 0 Å². The highest BCUT2D eigenvalue weighted by atomic mass is 15.2. The second-order valence-corrected chi connectivity index (χ2v) is 12.6. The zero-order valence-corrected chi connectivity index (χ0v) is 27.4. The van der Waals surface area contributed by atoms with Gasteiger partial charge in [-0.1, -0.05) is 109 Å². The second kappa shape index (κ2) is 17.5. The molecule has 0 bridgehead atoms. The Balaban J connectivity index is 2.13. The summed E-state index contributed by atoms with van der Waals surface area (Å²) >= 11 is 0. The van der Waals surface area contributed by atoms with E-state index in [1.807, 2.05) is 0 Å². The molecule has 1 heterocycles. The summed E-state index contributed by atoms with van der Waals surface area (Å²) in [7, 11) is 0. The Morgan fingerprint density at radius 2 is 0.878 bits per heavy atom. The van der Waals surface area contributed by atoms with Gasteiger partial charge in [-0.15, -0.1) is 0 Å². The molecule has 0 N–H and O–H groups in total. The van der Waals surface area contributed by atoms with Crippen LogP contribution in [0.4, 0.5) is 0 Å². The molecule has 0 aromatic heterocycles. The summed E-state index contributed by atoms with van der Waals surface area (Å²) in [4.78, 5) is 0. The molecule has 0 saturated carbocycles. The Kier molecular flexibility index (Phi) is 14.1. The van der Waals surface area contributed by atoms with Crippen molar-refractivity contribution in [1.29, 1.82) is 0 Å². The first-order valence-corrected chi connectivity index (χ1v) is 17.1. The van der Waals surface area contributed by atoms with Crippen LogP contribution in [-0.4, -0.2) is 4.70 Å². The summed E-state index contributed by atoms with van der Waals surface area (Å²) in [5.41, 5.74) is 24.7. The van der Waals surface area contributed by atoms with Crippen LogP contribution in [0.5, 0.6) is 0 Å². The standard InChI is InChI=1S/C39H58N2/c1-7-11-15-16-17-19-23-37-36(22-18-12-8-2)39(41(40)38(37)34-25-30(5)24-31(6)26-34)35-28-32(20-13-9-3)27-33(29-35)21-14-10-4/h24-29H,7-23H2,1-6H3. The Morgan fingerprint density at radius 1 is 0.463 bits per heavy atom. The molecule has 41 heavy (non-hydrogen) atoms. The molecule has 224 valence electrons. The van der Waals surface area contributed by atoms with Gasteiger partial charge in [0, 0.05) is 22.3 Å². The van der Waals surface area contributed by atoms with Crippen LogP contribution in [0.25, 0.3) is 16.9 Å². The number of hydrogen-bond acceptors (Lipinski definition) is 0. The van der Waals surface area contributed by atoms with E-state index >= 15 is 0 Å². The number of hydrogen-bond donors (Lipinski definition) is 0. The minimum absolute atomic E-state index is 1.03. The van der Waals surface area contributed by atoms with Crippen LogP contribution < -0.4 is 0 Å². The molecule has 2 heteroatoms. The molecule has 2 aromatic carbocycles. The summed E-state index contributed by atoms with van der Waals surface area (Å²) in [6.07, 6.45) is 20.4. The molecule has 3 rings (SSSR count). The fourth-order valence-corrected chi connectivity index (χ4v) is 6.48. The molecule has 2 nitrogen and oxygen atoms in total. The predicted octanol–water partition coefficient (Wildman–Crippen LogP) is 12.5. The van der Waals surface area contributed by atoms with Crippen molar-refractivity contribution in [3.8, 4) is 0 Å². The van der Waals surface area contributed by atoms with Crippen molar-refractivity contribution in [2.24, 2.45) is 0 Å². The number of aryl methyl sites for hydroxylation is 4. The number of allylic oxidation sites excluding steroid dienone is 2. The van der Waals surface area contributed by atoms with Crippen molar-refractivity contribution in [2.75, 3.05) is 0 Å². The third kappa shape index (κ3) is 9.52. The van der Waals surface area contributed by atoms with Crippen LogP contribution in [0.2, 0.25) is 0 Å². The molecule has 0 atom stereocenters. The molecule has 2 aromatic rings. The number of unbranched alkanes of at least 4 members (excludes halogenated alkanes) is 9. The highest BCUT2D eigenvalue weighted by Gasteiger charge is 2.35. The smallest absolute Gasteiger partial charge is 0.211 e. The first-order chi connectivity index (χ1) is 19.9. The Bertz CT molecular complexity index is 1150. The topological polar surface area (TPSA) is 25.3 Å². The van der Waals surface area contributed by atoms with Gasteiger partial charge in [0.2, 0.25) is 11.4 Å². The molecule has 1 aliphatic rings. The normalized spacial score (nSPS) is 13.7. The van der Waals surface area contributed by atoms with Gasteiger partial charge in [-0.3, -0.25) is 0 Å². The first-order valence-electron chi connectivity index (χ1n) is 17.1. The lowest BCUT2D eigenvalue weighted by Gasteiger charge is -2.14. The van der Waals surface area contributed by atoms with Gasteiger partial charge in [-0.25, -0.2) is 4.70 Å². The maximum atomic E-state index is 12.2. The number of rotatable bonds is 19. The monoisotopic (exact) mass is 554 g/mol. The van der Waals surface area contributed by atoms with Crippen LogP contribution in [0, 0.1) is 13.8 Å². The van der Waals surface area contributed by atoms with Gasteiger partial charge in [-0.05, 0) is 101 Å². The van der Waals surface area contributed by atoms with Crippen LogP contribution >= 0.6 is 0 Å². The van der Waals surface area contributed by atoms with Gasteiger partial charge in [0.25, 0.3) is 0 Å². The largest absolute Gasteiger partial charge is 0.493 e. The van der Waals surface area contributed by atoms with Crippen LogP contribution in [0.15, 0.2) is 47.5 Å². The van der Waals surface area contributed by atoms with E-state index < -0.39 is 0 Å². The zero-order valence-electron chi connectivity index (χ0n) is 27.4. The fraction of sp³-hybridized carbons (Fsp3) is 0.590. The SMILES string of the molecule is CCCCCCCCC1=C(c2cc(C)cc(C)c2)[N+](=[N-])C(c2cc(CCCC)cc(CCCC)c2)=C1CCCCC. The third-order valence-electron chi connectivity index (χ3n) is 8.63. The summed E-state index contributed by atoms with van der Waals surface area (Å²) in [5.74, 6) is 0. The van der Waals surface area contributed by atoms with Gasteiger partial charge in [0.15, 0.2) is 0 Å². The van der Waals surface area contributed by atoms with E-state index in [2.05, 4.69) is 77.9 Å². The number of benzene rings is 2. The molecule has 0 radical (unpaired) electrons. The Morgan fingerprint density at radius 3 is 1.39 bits per heavy atom. The third-order valence-corrected chi connectivity index (χ3v) is 8.63. The van der Waals surface area contributed by atoms with Gasteiger partial charge in [0.05, 0.1) is 0 Å². The van der Waals surface area contributed by atoms with Gasteiger partial charge < -0.3 is 5.53 Å². The number of nitrogens with zero attached hydrogens (tertiary/aromatic N) is 2. The molecule has 1 aliphatic heterocycles. The van der Waals surface area contributed by atoms with Gasteiger partial charge in [-0.2, -0.15) is 0 Å². The van der Waals surface area contributed by atoms with Crippen molar-refractivity contribution in [2.45, 2.75) is 151 Å². The van der Waals surface area contributed by atoms with E-state index in [1.54, 1.807) is 4.70 Å². The maximum absolute atomic E-state index is 12.2. The van der Waals surface area contributed by atoms with Crippen molar-refractivity contribution >= 4 is 11.4 Å². The van der Waals surface area contributed by atoms with Crippen LogP contribution in [-0.2, 0) is 12.8 Å². The van der Waals surface area contributed by atoms with Crippen molar-refractivity contribution in [3.63, 3.8) is 0 Å². The molecule has 0 amide bonds. The first kappa shape index (κ1) is 33.0. The van der Waals surface area contributed by atoms with E-state index in [4.69, 9.17) is 0 Å². The molecular weight excluding hydrogens is 496 g/mol. The lowest BCUT2D eigenvalue weighted by atomic mass is 9.90. The fourth-order valence-electron chi connectivity index (χ4n) is 6.48. The van der Waals surface area contributed by atoms with E-state index in [0.29, 0.717) is 0 Å². The predicted molar refractivity (Wildman–Crippen MR) is 179 cm³/mol. The highest BCUT2D eigenvalue weighted by Crippen LogP contribution is 2.45. The van der Waals surface area contributed by atoms with Crippen molar-refractivity contribution in [1.82, 2.24) is 0 Å². The van der Waals surface area contributed by atoms with Crippen LogP contribution in [0.1, 0.15) is 157 Å². The molecule has 0 fully saturated rings. The highest BCUT2D eigenvalue weighted by molar-refractivity contribution is 5.82. The molecule has 0 aliphatic carbocycles. The molecular formula is C39H58N2. The zero-order chi connectivity index (χ0) is 29.6. The van der Waals surface area contributed by atoms with E-state index in [1.165, 1.54) is 122 Å². The minimum atomic E-state index is 1.03. The Hall–Kier alpha value is -2.48. The van der Waals surface area contributed by atoms with Crippen molar-refractivity contribution in [3.05, 3.63) is 86.5 Å². The van der Waals surface area contributed by atoms with E-state index in [-0.39, 0.29) is 0 Å². The lowest BCUT2D eigenvalue weighted by Crippen LogP contribution is -2.04. The minimum Gasteiger partial charge on any atom is -0.493 e. The van der Waals surface area contributed by atoms with Gasteiger partial charge >= 0.3 is 0 Å². The summed E-state index contributed by atoms with van der Waals surface area (Å²) < 4.78 is 1.60. The maximum Gasteiger partial charge on any atom is 0.211 e. The molecule has 0 spiro atoms. The van der Waals surface area contributed by atoms with E-state index in [9.17, 15) is 5.53 Å². The molecule has 0 unspecified atom stereocenters. The van der Waals surface area contributed by atoms with Crippen molar-refractivity contribution < 1.29 is 4.70 Å². The van der Waals surface area contributed by atoms with Crippen LogP contribution in [0.3, 0.4) is 0 Å².